The number of carbonyl (C=O) groups is 1. The monoisotopic (exact) mass is 260 g/mol. The lowest BCUT2D eigenvalue weighted by molar-refractivity contribution is -0.122. The summed E-state index contributed by atoms with van der Waals surface area (Å²) in [6.07, 6.45) is 0.345. The second-order valence-corrected chi connectivity index (χ2v) is 5.44. The molecule has 1 amide bonds. The molecule has 0 saturated carbocycles. The molecule has 2 N–H and O–H groups in total. The van der Waals surface area contributed by atoms with Gasteiger partial charge in [0.1, 0.15) is 11.9 Å². The maximum atomic E-state index is 11.6. The molecular weight excluding hydrogens is 240 g/mol. The third-order valence-electron chi connectivity index (χ3n) is 2.31. The fourth-order valence-electron chi connectivity index (χ4n) is 1.56. The van der Waals surface area contributed by atoms with Crippen LogP contribution < -0.4 is 10.6 Å². The molecule has 19 heavy (non-hydrogen) atoms. The van der Waals surface area contributed by atoms with Gasteiger partial charge in [0.25, 0.3) is 0 Å². The van der Waals surface area contributed by atoms with E-state index in [1.165, 1.54) is 0 Å². The molecule has 5 heteroatoms. The van der Waals surface area contributed by atoms with Crippen molar-refractivity contribution in [1.82, 2.24) is 10.3 Å². The van der Waals surface area contributed by atoms with Gasteiger partial charge in [-0.25, -0.2) is 4.98 Å². The second kappa shape index (κ2) is 6.19. The number of nitrogens with one attached hydrogen (secondary N) is 2. The Morgan fingerprint density at radius 2 is 2.11 bits per heavy atom. The molecule has 0 radical (unpaired) electrons. The van der Waals surface area contributed by atoms with Crippen molar-refractivity contribution >= 4 is 11.7 Å². The van der Waals surface area contributed by atoms with Crippen LogP contribution in [0.25, 0.3) is 0 Å². The van der Waals surface area contributed by atoms with Gasteiger partial charge in [-0.2, -0.15) is 5.26 Å². The Balaban J connectivity index is 2.52. The number of aromatic nitrogens is 1. The van der Waals surface area contributed by atoms with Gasteiger partial charge in [0.15, 0.2) is 0 Å². The van der Waals surface area contributed by atoms with Gasteiger partial charge in [0, 0.05) is 24.2 Å². The number of nitrogens with zero attached hydrogens (tertiary/aromatic N) is 2. The molecule has 102 valence electrons. The van der Waals surface area contributed by atoms with Crippen molar-refractivity contribution in [3.63, 3.8) is 0 Å². The summed E-state index contributed by atoms with van der Waals surface area (Å²) in [6.45, 7) is 8.13. The first-order valence-corrected chi connectivity index (χ1v) is 6.24. The largest absolute Gasteiger partial charge is 0.368 e. The molecule has 0 unspecified atom stereocenters. The highest BCUT2D eigenvalue weighted by atomic mass is 16.1. The summed E-state index contributed by atoms with van der Waals surface area (Å²) >= 11 is 0. The van der Waals surface area contributed by atoms with Gasteiger partial charge in [0.05, 0.1) is 5.56 Å². The van der Waals surface area contributed by atoms with Crippen LogP contribution in [0.15, 0.2) is 12.1 Å². The molecule has 0 aromatic carbocycles. The lowest BCUT2D eigenvalue weighted by atomic mass is 10.1. The minimum absolute atomic E-state index is 0.0221. The zero-order valence-electron chi connectivity index (χ0n) is 11.9. The van der Waals surface area contributed by atoms with E-state index in [9.17, 15) is 4.79 Å². The first-order valence-electron chi connectivity index (χ1n) is 6.24. The summed E-state index contributed by atoms with van der Waals surface area (Å²) in [5, 5.41) is 14.9. The van der Waals surface area contributed by atoms with Crippen LogP contribution in [0.4, 0.5) is 5.82 Å². The van der Waals surface area contributed by atoms with Crippen molar-refractivity contribution in [2.75, 3.05) is 11.9 Å². The average molecular weight is 260 g/mol. The van der Waals surface area contributed by atoms with Crippen LogP contribution in [0.3, 0.4) is 0 Å². The molecule has 0 fully saturated rings. The van der Waals surface area contributed by atoms with Gasteiger partial charge in [-0.15, -0.1) is 0 Å². The van der Waals surface area contributed by atoms with E-state index in [4.69, 9.17) is 5.26 Å². The smallest absolute Gasteiger partial charge is 0.222 e. The SMILES string of the molecule is Cc1ccc(C#N)c(NCCC(=O)NC(C)(C)C)n1. The average Bonchev–Trinajstić information content (AvgIpc) is 2.27. The quantitative estimate of drug-likeness (QED) is 0.867. The van der Waals surface area contributed by atoms with E-state index in [0.29, 0.717) is 24.3 Å². The van der Waals surface area contributed by atoms with Crippen molar-refractivity contribution in [3.05, 3.63) is 23.4 Å². The molecular formula is C14H20N4O. The van der Waals surface area contributed by atoms with Crippen LogP contribution in [-0.2, 0) is 4.79 Å². The van der Waals surface area contributed by atoms with Crippen molar-refractivity contribution in [1.29, 1.82) is 5.26 Å². The minimum Gasteiger partial charge on any atom is -0.368 e. The maximum Gasteiger partial charge on any atom is 0.222 e. The predicted molar refractivity (Wildman–Crippen MR) is 74.7 cm³/mol. The number of hydrogen-bond donors (Lipinski definition) is 2. The van der Waals surface area contributed by atoms with Gasteiger partial charge in [-0.1, -0.05) is 0 Å². The maximum absolute atomic E-state index is 11.6. The normalized spacial score (nSPS) is 10.7. The zero-order chi connectivity index (χ0) is 14.5. The molecule has 1 heterocycles. The number of amides is 1. The standard InChI is InChI=1S/C14H20N4O/c1-10-5-6-11(9-15)13(17-10)16-8-7-12(19)18-14(2,3)4/h5-6H,7-8H2,1-4H3,(H,16,17)(H,18,19). The van der Waals surface area contributed by atoms with Crippen LogP contribution in [-0.4, -0.2) is 23.0 Å². The third-order valence-corrected chi connectivity index (χ3v) is 2.31. The minimum atomic E-state index is -0.226. The van der Waals surface area contributed by atoms with Crippen molar-refractivity contribution in [2.24, 2.45) is 0 Å². The lowest BCUT2D eigenvalue weighted by Gasteiger charge is -2.20. The first-order chi connectivity index (χ1) is 8.81. The molecule has 1 aromatic rings. The summed E-state index contributed by atoms with van der Waals surface area (Å²) < 4.78 is 0. The van der Waals surface area contributed by atoms with E-state index in [2.05, 4.69) is 21.7 Å². The molecule has 0 spiro atoms. The number of pyridine rings is 1. The summed E-state index contributed by atoms with van der Waals surface area (Å²) in [4.78, 5) is 15.9. The summed E-state index contributed by atoms with van der Waals surface area (Å²) in [7, 11) is 0. The Morgan fingerprint density at radius 1 is 1.42 bits per heavy atom. The highest BCUT2D eigenvalue weighted by Crippen LogP contribution is 2.11. The Bertz CT molecular complexity index is 497. The summed E-state index contributed by atoms with van der Waals surface area (Å²) in [5.41, 5.74) is 1.10. The fourth-order valence-corrected chi connectivity index (χ4v) is 1.56. The van der Waals surface area contributed by atoms with Crippen LogP contribution in [0, 0.1) is 18.3 Å². The molecule has 1 rings (SSSR count). The number of aryl methyl sites for hydroxylation is 1. The van der Waals surface area contributed by atoms with E-state index >= 15 is 0 Å². The number of nitriles is 1. The first kappa shape index (κ1) is 15.0. The van der Waals surface area contributed by atoms with Crippen LogP contribution in [0.1, 0.15) is 38.4 Å². The molecule has 0 aliphatic rings. The Labute approximate surface area is 114 Å². The molecule has 1 aromatic heterocycles. The molecule has 0 aliphatic carbocycles. The van der Waals surface area contributed by atoms with Crippen molar-refractivity contribution in [2.45, 2.75) is 39.7 Å². The van der Waals surface area contributed by atoms with E-state index in [0.717, 1.165) is 5.69 Å². The fraction of sp³-hybridized carbons (Fsp3) is 0.500. The summed E-state index contributed by atoms with van der Waals surface area (Å²) in [5.74, 6) is 0.511. The number of hydrogen-bond acceptors (Lipinski definition) is 4. The Hall–Kier alpha value is -2.09. The zero-order valence-corrected chi connectivity index (χ0v) is 11.9. The lowest BCUT2D eigenvalue weighted by Crippen LogP contribution is -2.41. The second-order valence-electron chi connectivity index (χ2n) is 5.44. The molecule has 0 aliphatic heterocycles. The number of carbonyl (C=O) groups excluding carboxylic acids is 1. The Morgan fingerprint density at radius 3 is 2.68 bits per heavy atom. The van der Waals surface area contributed by atoms with Crippen LogP contribution in [0.5, 0.6) is 0 Å². The van der Waals surface area contributed by atoms with E-state index in [1.807, 2.05) is 27.7 Å². The van der Waals surface area contributed by atoms with Crippen molar-refractivity contribution in [3.8, 4) is 6.07 Å². The number of anilines is 1. The molecule has 0 atom stereocenters. The van der Waals surface area contributed by atoms with E-state index < -0.39 is 0 Å². The summed E-state index contributed by atoms with van der Waals surface area (Å²) in [6, 6.07) is 5.58. The molecule has 5 nitrogen and oxygen atoms in total. The van der Waals surface area contributed by atoms with Crippen LogP contribution in [0.2, 0.25) is 0 Å². The molecule has 0 bridgehead atoms. The highest BCUT2D eigenvalue weighted by Gasteiger charge is 2.13. The van der Waals surface area contributed by atoms with Gasteiger partial charge >= 0.3 is 0 Å². The van der Waals surface area contributed by atoms with Gasteiger partial charge in [-0.3, -0.25) is 4.79 Å². The third kappa shape index (κ3) is 5.38. The Kier molecular flexibility index (Phi) is 4.87. The van der Waals surface area contributed by atoms with Gasteiger partial charge in [0.2, 0.25) is 5.91 Å². The van der Waals surface area contributed by atoms with E-state index in [-0.39, 0.29) is 11.4 Å². The predicted octanol–water partition coefficient (Wildman–Crippen LogP) is 1.98. The van der Waals surface area contributed by atoms with Crippen molar-refractivity contribution < 1.29 is 4.79 Å². The number of rotatable bonds is 4. The molecule has 0 saturated heterocycles. The van der Waals surface area contributed by atoms with E-state index in [1.54, 1.807) is 12.1 Å². The van der Waals surface area contributed by atoms with Crippen LogP contribution >= 0.6 is 0 Å². The van der Waals surface area contributed by atoms with Gasteiger partial charge in [-0.05, 0) is 39.8 Å². The highest BCUT2D eigenvalue weighted by molar-refractivity contribution is 5.77. The van der Waals surface area contributed by atoms with Gasteiger partial charge < -0.3 is 10.6 Å². The topological polar surface area (TPSA) is 77.8 Å².